The lowest BCUT2D eigenvalue weighted by Gasteiger charge is -2.22. The van der Waals surface area contributed by atoms with Crippen LogP contribution in [0.15, 0.2) is 18.2 Å². The molecule has 2 aliphatic rings. The first-order chi connectivity index (χ1) is 8.81. The molecule has 1 aromatic rings. The predicted octanol–water partition coefficient (Wildman–Crippen LogP) is 2.06. The molecule has 0 bridgehead atoms. The molecule has 3 nitrogen and oxygen atoms in total. The molecule has 0 radical (unpaired) electrons. The van der Waals surface area contributed by atoms with Crippen LogP contribution in [0.5, 0.6) is 5.75 Å². The zero-order valence-electron chi connectivity index (χ0n) is 10.4. The highest BCUT2D eigenvalue weighted by atomic mass is 19.1. The maximum atomic E-state index is 13.3. The monoisotopic (exact) mass is 251 g/mol. The molecule has 1 atom stereocenters. The Morgan fingerprint density at radius 1 is 1.33 bits per heavy atom. The normalized spacial score (nSPS) is 24.4. The third-order valence-electron chi connectivity index (χ3n) is 3.62. The van der Waals surface area contributed by atoms with Crippen molar-refractivity contribution in [1.29, 1.82) is 0 Å². The third kappa shape index (κ3) is 2.65. The predicted molar refractivity (Wildman–Crippen MR) is 66.1 cm³/mol. The SMILES string of the molecule is Fc1ccc2c(c1)CN(C[C@@H]1CCOC1)CCO2. The van der Waals surface area contributed by atoms with Gasteiger partial charge in [0, 0.05) is 31.8 Å². The second-order valence-corrected chi connectivity index (χ2v) is 5.07. The molecule has 18 heavy (non-hydrogen) atoms. The summed E-state index contributed by atoms with van der Waals surface area (Å²) in [7, 11) is 0. The lowest BCUT2D eigenvalue weighted by atomic mass is 10.1. The fourth-order valence-corrected chi connectivity index (χ4v) is 2.67. The molecule has 1 saturated heterocycles. The van der Waals surface area contributed by atoms with E-state index < -0.39 is 0 Å². The molecule has 0 N–H and O–H groups in total. The van der Waals surface area contributed by atoms with Crippen LogP contribution in [-0.4, -0.2) is 37.8 Å². The first-order valence-corrected chi connectivity index (χ1v) is 6.52. The summed E-state index contributed by atoms with van der Waals surface area (Å²) in [6.07, 6.45) is 1.13. The van der Waals surface area contributed by atoms with E-state index in [1.165, 1.54) is 6.07 Å². The second kappa shape index (κ2) is 5.24. The lowest BCUT2D eigenvalue weighted by molar-refractivity contribution is 0.159. The Hall–Kier alpha value is -1.13. The van der Waals surface area contributed by atoms with Crippen molar-refractivity contribution in [3.8, 4) is 5.75 Å². The molecule has 98 valence electrons. The van der Waals surface area contributed by atoms with Crippen molar-refractivity contribution in [2.75, 3.05) is 32.9 Å². The number of benzene rings is 1. The number of nitrogens with zero attached hydrogens (tertiary/aromatic N) is 1. The zero-order valence-corrected chi connectivity index (χ0v) is 10.4. The summed E-state index contributed by atoms with van der Waals surface area (Å²) in [5.41, 5.74) is 0.950. The Morgan fingerprint density at radius 2 is 2.28 bits per heavy atom. The van der Waals surface area contributed by atoms with Gasteiger partial charge in [-0.2, -0.15) is 0 Å². The molecule has 0 aliphatic carbocycles. The summed E-state index contributed by atoms with van der Waals surface area (Å²) in [4.78, 5) is 2.34. The van der Waals surface area contributed by atoms with Crippen LogP contribution in [0.3, 0.4) is 0 Å². The highest BCUT2D eigenvalue weighted by Gasteiger charge is 2.22. The summed E-state index contributed by atoms with van der Waals surface area (Å²) in [6, 6.07) is 4.77. The number of fused-ring (bicyclic) bond motifs is 1. The van der Waals surface area contributed by atoms with Crippen molar-refractivity contribution in [1.82, 2.24) is 4.90 Å². The van der Waals surface area contributed by atoms with Gasteiger partial charge in [0.25, 0.3) is 0 Å². The van der Waals surface area contributed by atoms with Crippen LogP contribution in [0.1, 0.15) is 12.0 Å². The lowest BCUT2D eigenvalue weighted by Crippen LogP contribution is -2.31. The van der Waals surface area contributed by atoms with Crippen LogP contribution in [0.2, 0.25) is 0 Å². The zero-order chi connectivity index (χ0) is 12.4. The molecule has 1 fully saturated rings. The Balaban J connectivity index is 1.70. The summed E-state index contributed by atoms with van der Waals surface area (Å²) in [6.45, 7) is 5.08. The minimum Gasteiger partial charge on any atom is -0.492 e. The van der Waals surface area contributed by atoms with Crippen LogP contribution in [0.4, 0.5) is 4.39 Å². The van der Waals surface area contributed by atoms with Gasteiger partial charge >= 0.3 is 0 Å². The van der Waals surface area contributed by atoms with Crippen LogP contribution >= 0.6 is 0 Å². The highest BCUT2D eigenvalue weighted by Crippen LogP contribution is 2.25. The van der Waals surface area contributed by atoms with E-state index in [1.54, 1.807) is 12.1 Å². The number of rotatable bonds is 2. The summed E-state index contributed by atoms with van der Waals surface area (Å²) in [5.74, 6) is 1.24. The minimum absolute atomic E-state index is 0.191. The third-order valence-corrected chi connectivity index (χ3v) is 3.62. The van der Waals surface area contributed by atoms with Crippen LogP contribution < -0.4 is 4.74 Å². The second-order valence-electron chi connectivity index (χ2n) is 5.07. The summed E-state index contributed by atoms with van der Waals surface area (Å²) >= 11 is 0. The van der Waals surface area contributed by atoms with Gasteiger partial charge in [-0.05, 0) is 30.5 Å². The fourth-order valence-electron chi connectivity index (χ4n) is 2.67. The van der Waals surface area contributed by atoms with Crippen molar-refractivity contribution >= 4 is 0 Å². The van der Waals surface area contributed by atoms with Crippen molar-refractivity contribution in [2.45, 2.75) is 13.0 Å². The Morgan fingerprint density at radius 3 is 3.11 bits per heavy atom. The van der Waals surface area contributed by atoms with Gasteiger partial charge in [-0.25, -0.2) is 4.39 Å². The van der Waals surface area contributed by atoms with E-state index >= 15 is 0 Å². The van der Waals surface area contributed by atoms with Gasteiger partial charge in [-0.15, -0.1) is 0 Å². The molecule has 2 heterocycles. The molecule has 2 aliphatic heterocycles. The Bertz CT molecular complexity index is 418. The molecule has 0 amide bonds. The molecule has 4 heteroatoms. The summed E-state index contributed by atoms with van der Waals surface area (Å²) < 4.78 is 24.3. The molecular weight excluding hydrogens is 233 g/mol. The molecule has 0 unspecified atom stereocenters. The van der Waals surface area contributed by atoms with E-state index in [4.69, 9.17) is 9.47 Å². The average molecular weight is 251 g/mol. The largest absolute Gasteiger partial charge is 0.492 e. The topological polar surface area (TPSA) is 21.7 Å². The van der Waals surface area contributed by atoms with Crippen molar-refractivity contribution < 1.29 is 13.9 Å². The van der Waals surface area contributed by atoms with E-state index in [1.807, 2.05) is 0 Å². The van der Waals surface area contributed by atoms with Crippen molar-refractivity contribution in [2.24, 2.45) is 5.92 Å². The van der Waals surface area contributed by atoms with Crippen LogP contribution in [0, 0.1) is 11.7 Å². The van der Waals surface area contributed by atoms with E-state index in [-0.39, 0.29) is 5.82 Å². The van der Waals surface area contributed by atoms with E-state index in [9.17, 15) is 4.39 Å². The van der Waals surface area contributed by atoms with Gasteiger partial charge in [0.2, 0.25) is 0 Å². The Labute approximate surface area is 106 Å². The molecule has 0 aromatic heterocycles. The van der Waals surface area contributed by atoms with E-state index in [2.05, 4.69) is 4.90 Å². The number of ether oxygens (including phenoxy) is 2. The minimum atomic E-state index is -0.191. The number of hydrogen-bond donors (Lipinski definition) is 0. The molecule has 1 aromatic carbocycles. The first kappa shape index (κ1) is 11.9. The van der Waals surface area contributed by atoms with Crippen LogP contribution in [-0.2, 0) is 11.3 Å². The number of halogens is 1. The van der Waals surface area contributed by atoms with Gasteiger partial charge < -0.3 is 9.47 Å². The summed E-state index contributed by atoms with van der Waals surface area (Å²) in [5, 5.41) is 0. The molecule has 3 rings (SSSR count). The van der Waals surface area contributed by atoms with Gasteiger partial charge in [-0.1, -0.05) is 0 Å². The Kier molecular flexibility index (Phi) is 3.48. The fraction of sp³-hybridized carbons (Fsp3) is 0.571. The number of hydrogen-bond acceptors (Lipinski definition) is 3. The van der Waals surface area contributed by atoms with Crippen LogP contribution in [0.25, 0.3) is 0 Å². The standard InChI is InChI=1S/C14H18FNO2/c15-13-1-2-14-12(7-13)9-16(4-6-18-14)8-11-3-5-17-10-11/h1-2,7,11H,3-6,8-10H2/t11-/m0/s1. The van der Waals surface area contributed by atoms with Gasteiger partial charge in [-0.3, -0.25) is 4.90 Å². The highest BCUT2D eigenvalue weighted by molar-refractivity contribution is 5.34. The smallest absolute Gasteiger partial charge is 0.124 e. The van der Waals surface area contributed by atoms with Crippen molar-refractivity contribution in [3.05, 3.63) is 29.6 Å². The molecule has 0 spiro atoms. The van der Waals surface area contributed by atoms with E-state index in [0.717, 1.165) is 50.6 Å². The average Bonchev–Trinajstić information content (AvgIpc) is 2.76. The van der Waals surface area contributed by atoms with Gasteiger partial charge in [0.15, 0.2) is 0 Å². The van der Waals surface area contributed by atoms with E-state index in [0.29, 0.717) is 12.5 Å². The van der Waals surface area contributed by atoms with Gasteiger partial charge in [0.05, 0.1) is 6.61 Å². The quantitative estimate of drug-likeness (QED) is 0.803. The van der Waals surface area contributed by atoms with Gasteiger partial charge in [0.1, 0.15) is 18.2 Å². The first-order valence-electron chi connectivity index (χ1n) is 6.52. The maximum absolute atomic E-state index is 13.3. The van der Waals surface area contributed by atoms with Crippen molar-refractivity contribution in [3.63, 3.8) is 0 Å². The maximum Gasteiger partial charge on any atom is 0.124 e. The molecular formula is C14H18FNO2. The molecule has 0 saturated carbocycles.